The molecule has 0 N–H and O–H groups in total. The summed E-state index contributed by atoms with van der Waals surface area (Å²) in [6.45, 7) is 6.02. The second kappa shape index (κ2) is 3.74. The van der Waals surface area contributed by atoms with Gasteiger partial charge < -0.3 is 0 Å². The molecule has 0 spiro atoms. The van der Waals surface area contributed by atoms with Crippen molar-refractivity contribution in [2.24, 2.45) is 0 Å². The maximum Gasteiger partial charge on any atom is 0.164 e. The summed E-state index contributed by atoms with van der Waals surface area (Å²) in [5, 5.41) is 1.28. The number of rotatable bonds is 1. The van der Waals surface area contributed by atoms with Crippen LogP contribution in [0.25, 0.3) is 11.0 Å². The number of fused-ring (bicyclic) bond motifs is 1. The molecule has 0 unspecified atom stereocenters. The Morgan fingerprint density at radius 3 is 2.53 bits per heavy atom. The average molecular weight is 222 g/mol. The number of hydrogen-bond donors (Lipinski definition) is 0. The maximum absolute atomic E-state index is 6.00. The first-order valence-corrected chi connectivity index (χ1v) is 5.26. The lowest BCUT2D eigenvalue weighted by Crippen LogP contribution is -1.97. The summed E-state index contributed by atoms with van der Waals surface area (Å²) in [6.07, 6.45) is 0. The molecule has 2 heterocycles. The molecule has 0 aliphatic carbocycles. The van der Waals surface area contributed by atoms with Crippen molar-refractivity contribution in [3.05, 3.63) is 28.8 Å². The van der Waals surface area contributed by atoms with Gasteiger partial charge in [0.2, 0.25) is 0 Å². The Bertz CT molecular complexity index is 508. The Labute approximate surface area is 93.5 Å². The van der Waals surface area contributed by atoms with Crippen molar-refractivity contribution in [3.63, 3.8) is 0 Å². The van der Waals surface area contributed by atoms with Gasteiger partial charge in [-0.05, 0) is 25.0 Å². The number of hydrogen-bond acceptors (Lipinski definition) is 3. The average Bonchev–Trinajstić information content (AvgIpc) is 2.16. The molecule has 2 aromatic rings. The molecular formula is C11H12ClN3. The smallest absolute Gasteiger partial charge is 0.164 e. The van der Waals surface area contributed by atoms with E-state index in [0.717, 1.165) is 11.1 Å². The quantitative estimate of drug-likeness (QED) is 0.695. The lowest BCUT2D eigenvalue weighted by molar-refractivity contribution is 0.826. The third-order valence-electron chi connectivity index (χ3n) is 2.24. The third-order valence-corrected chi connectivity index (χ3v) is 2.53. The molecule has 0 saturated carbocycles. The highest BCUT2D eigenvalue weighted by Gasteiger charge is 2.07. The molecule has 0 radical (unpaired) electrons. The van der Waals surface area contributed by atoms with E-state index in [1.54, 1.807) is 0 Å². The minimum Gasteiger partial charge on any atom is -0.233 e. The van der Waals surface area contributed by atoms with Gasteiger partial charge in [-0.3, -0.25) is 0 Å². The number of aryl methyl sites for hydroxylation is 1. The molecule has 3 nitrogen and oxygen atoms in total. The van der Waals surface area contributed by atoms with E-state index in [1.807, 2.05) is 19.1 Å². The summed E-state index contributed by atoms with van der Waals surface area (Å²) >= 11 is 6.00. The van der Waals surface area contributed by atoms with Crippen LogP contribution in [0.2, 0.25) is 5.15 Å². The predicted octanol–water partition coefficient (Wildman–Crippen LogP) is 3.11. The first kappa shape index (κ1) is 10.3. The lowest BCUT2D eigenvalue weighted by Gasteiger charge is -2.06. The Morgan fingerprint density at radius 1 is 1.13 bits per heavy atom. The van der Waals surface area contributed by atoms with Gasteiger partial charge in [0.15, 0.2) is 5.65 Å². The van der Waals surface area contributed by atoms with Crippen molar-refractivity contribution < 1.29 is 0 Å². The lowest BCUT2D eigenvalue weighted by atomic mass is 10.1. The topological polar surface area (TPSA) is 38.7 Å². The van der Waals surface area contributed by atoms with Crippen molar-refractivity contribution >= 4 is 22.6 Å². The largest absolute Gasteiger partial charge is 0.233 e. The van der Waals surface area contributed by atoms with Crippen LogP contribution < -0.4 is 0 Å². The molecule has 0 saturated heterocycles. The first-order valence-electron chi connectivity index (χ1n) is 4.88. The number of halogens is 1. The fraction of sp³-hybridized carbons (Fsp3) is 0.364. The van der Waals surface area contributed by atoms with E-state index in [4.69, 9.17) is 11.6 Å². The van der Waals surface area contributed by atoms with Crippen molar-refractivity contribution in [2.45, 2.75) is 26.7 Å². The van der Waals surface area contributed by atoms with Gasteiger partial charge in [-0.25, -0.2) is 15.0 Å². The molecule has 0 bridgehead atoms. The van der Waals surface area contributed by atoms with Crippen LogP contribution in [0.3, 0.4) is 0 Å². The molecule has 78 valence electrons. The molecule has 0 aliphatic rings. The third kappa shape index (κ3) is 1.92. The summed E-state index contributed by atoms with van der Waals surface area (Å²) in [5.74, 6) is 1.05. The van der Waals surface area contributed by atoms with Gasteiger partial charge in [-0.2, -0.15) is 0 Å². The Balaban J connectivity index is 2.71. The Hall–Kier alpha value is -1.22. The normalized spacial score (nSPS) is 11.3. The summed E-state index contributed by atoms with van der Waals surface area (Å²) in [4.78, 5) is 12.8. The monoisotopic (exact) mass is 221 g/mol. The van der Waals surface area contributed by atoms with Gasteiger partial charge in [-0.1, -0.05) is 25.4 Å². The summed E-state index contributed by atoms with van der Waals surface area (Å²) in [6, 6.07) is 3.90. The summed E-state index contributed by atoms with van der Waals surface area (Å²) in [7, 11) is 0. The van der Waals surface area contributed by atoms with E-state index < -0.39 is 0 Å². The highest BCUT2D eigenvalue weighted by molar-refractivity contribution is 6.33. The highest BCUT2D eigenvalue weighted by atomic mass is 35.5. The van der Waals surface area contributed by atoms with E-state index in [2.05, 4.69) is 28.8 Å². The van der Waals surface area contributed by atoms with E-state index in [1.165, 1.54) is 0 Å². The van der Waals surface area contributed by atoms with Crippen molar-refractivity contribution in [1.29, 1.82) is 0 Å². The van der Waals surface area contributed by atoms with E-state index >= 15 is 0 Å². The minimum atomic E-state index is 0.392. The minimum absolute atomic E-state index is 0.392. The van der Waals surface area contributed by atoms with E-state index in [-0.39, 0.29) is 0 Å². The fourth-order valence-electron chi connectivity index (χ4n) is 1.41. The molecule has 15 heavy (non-hydrogen) atoms. The zero-order valence-corrected chi connectivity index (χ0v) is 9.71. The number of aromatic nitrogens is 3. The molecule has 0 amide bonds. The molecule has 0 fully saturated rings. The highest BCUT2D eigenvalue weighted by Crippen LogP contribution is 2.21. The molecule has 0 aromatic carbocycles. The molecule has 2 aromatic heterocycles. The Morgan fingerprint density at radius 2 is 1.87 bits per heavy atom. The molecular weight excluding hydrogens is 210 g/mol. The molecule has 4 heteroatoms. The summed E-state index contributed by atoms with van der Waals surface area (Å²) in [5.41, 5.74) is 1.70. The second-order valence-electron chi connectivity index (χ2n) is 3.82. The van der Waals surface area contributed by atoms with Gasteiger partial charge in [0.05, 0.1) is 5.39 Å². The van der Waals surface area contributed by atoms with E-state index in [0.29, 0.717) is 22.5 Å². The van der Waals surface area contributed by atoms with Crippen LogP contribution in [0.1, 0.15) is 31.3 Å². The van der Waals surface area contributed by atoms with Gasteiger partial charge in [0.1, 0.15) is 11.0 Å². The van der Waals surface area contributed by atoms with Gasteiger partial charge >= 0.3 is 0 Å². The second-order valence-corrected chi connectivity index (χ2v) is 4.18. The van der Waals surface area contributed by atoms with E-state index in [9.17, 15) is 0 Å². The zero-order chi connectivity index (χ0) is 11.0. The van der Waals surface area contributed by atoms with Gasteiger partial charge in [0, 0.05) is 5.69 Å². The van der Waals surface area contributed by atoms with Crippen LogP contribution in [0, 0.1) is 6.92 Å². The van der Waals surface area contributed by atoms with Crippen molar-refractivity contribution in [2.75, 3.05) is 0 Å². The maximum atomic E-state index is 6.00. The number of pyridine rings is 1. The fourth-order valence-corrected chi connectivity index (χ4v) is 1.68. The van der Waals surface area contributed by atoms with Crippen LogP contribution in [-0.2, 0) is 0 Å². The summed E-state index contributed by atoms with van der Waals surface area (Å²) < 4.78 is 0. The van der Waals surface area contributed by atoms with Crippen LogP contribution in [0.4, 0.5) is 0 Å². The van der Waals surface area contributed by atoms with Crippen LogP contribution >= 0.6 is 11.6 Å². The number of nitrogens with zero attached hydrogens (tertiary/aromatic N) is 3. The molecule has 0 aliphatic heterocycles. The van der Waals surface area contributed by atoms with Crippen LogP contribution in [-0.4, -0.2) is 15.0 Å². The molecule has 0 atom stereocenters. The van der Waals surface area contributed by atoms with Gasteiger partial charge in [0.25, 0.3) is 0 Å². The Kier molecular flexibility index (Phi) is 2.57. The van der Waals surface area contributed by atoms with Crippen LogP contribution in [0.15, 0.2) is 12.1 Å². The first-order chi connectivity index (χ1) is 7.08. The predicted molar refractivity (Wildman–Crippen MR) is 61.2 cm³/mol. The zero-order valence-electron chi connectivity index (χ0n) is 8.95. The standard InChI is InChI=1S/C11H12ClN3/c1-6(2)9-5-4-8-10(12)13-7(3)14-11(8)15-9/h4-6H,1-3H3. The molecule has 2 rings (SSSR count). The van der Waals surface area contributed by atoms with Crippen molar-refractivity contribution in [1.82, 2.24) is 15.0 Å². The SMILES string of the molecule is Cc1nc(Cl)c2ccc(C(C)C)nc2n1. The van der Waals surface area contributed by atoms with Crippen LogP contribution in [0.5, 0.6) is 0 Å². The van der Waals surface area contributed by atoms with Gasteiger partial charge in [-0.15, -0.1) is 0 Å². The van der Waals surface area contributed by atoms with Crippen molar-refractivity contribution in [3.8, 4) is 0 Å².